The molecule has 274 valence electrons. The molecule has 0 aromatic carbocycles. The Bertz CT molecular complexity index is 1040. The molecule has 0 amide bonds. The molecule has 1 saturated heterocycles. The highest BCUT2D eigenvalue weighted by Gasteiger charge is 2.35. The van der Waals surface area contributed by atoms with E-state index in [-0.39, 0.29) is 19.4 Å². The number of phosphoric ester groups is 1. The number of hydrogen-bond acceptors (Lipinski definition) is 7. The highest BCUT2D eigenvalue weighted by molar-refractivity contribution is 7.46. The van der Waals surface area contributed by atoms with Crippen molar-refractivity contribution >= 4 is 19.8 Å². The van der Waals surface area contributed by atoms with Crippen LogP contribution in [0.1, 0.15) is 130 Å². The minimum atomic E-state index is -4.77. The summed E-state index contributed by atoms with van der Waals surface area (Å²) in [5.41, 5.74) is 0. The van der Waals surface area contributed by atoms with Crippen molar-refractivity contribution in [2.45, 2.75) is 148 Å². The largest absolute Gasteiger partial charge is 0.469 e. The monoisotopic (exact) mass is 694 g/mol. The molecule has 2 unspecified atom stereocenters. The summed E-state index contributed by atoms with van der Waals surface area (Å²) in [5.74, 6) is -0.254. The van der Waals surface area contributed by atoms with Crippen LogP contribution in [0.25, 0.3) is 0 Å². The van der Waals surface area contributed by atoms with E-state index in [1.807, 2.05) is 12.2 Å². The van der Waals surface area contributed by atoms with E-state index in [4.69, 9.17) is 24.0 Å². The minimum absolute atomic E-state index is 0.136. The lowest BCUT2D eigenvalue weighted by molar-refractivity contribution is -0.161. The highest BCUT2D eigenvalue weighted by atomic mass is 31.2. The Kier molecular flexibility index (Phi) is 26.0. The van der Waals surface area contributed by atoms with Gasteiger partial charge in [0.05, 0.1) is 18.8 Å². The van der Waals surface area contributed by atoms with E-state index in [9.17, 15) is 14.2 Å². The predicted molar refractivity (Wildman–Crippen MR) is 192 cm³/mol. The van der Waals surface area contributed by atoms with Crippen LogP contribution >= 0.6 is 7.82 Å². The van der Waals surface area contributed by atoms with E-state index in [0.29, 0.717) is 25.0 Å². The van der Waals surface area contributed by atoms with Crippen molar-refractivity contribution in [1.82, 2.24) is 0 Å². The van der Waals surface area contributed by atoms with E-state index in [1.54, 1.807) is 0 Å². The zero-order valence-electron chi connectivity index (χ0n) is 29.7. The first kappa shape index (κ1) is 43.7. The van der Waals surface area contributed by atoms with Gasteiger partial charge in [0.15, 0.2) is 6.10 Å². The summed E-state index contributed by atoms with van der Waals surface area (Å²) in [4.78, 5) is 42.5. The molecule has 0 aliphatic carbocycles. The lowest BCUT2D eigenvalue weighted by Crippen LogP contribution is -2.29. The number of ether oxygens (including phenoxy) is 3. The fourth-order valence-electron chi connectivity index (χ4n) is 4.86. The second-order valence-corrected chi connectivity index (χ2v) is 13.9. The zero-order valence-corrected chi connectivity index (χ0v) is 30.6. The van der Waals surface area contributed by atoms with Crippen LogP contribution in [0.2, 0.25) is 0 Å². The molecule has 0 aromatic heterocycles. The minimum Gasteiger partial charge on any atom is -0.462 e. The van der Waals surface area contributed by atoms with Crippen LogP contribution in [0, 0.1) is 5.92 Å². The molecule has 1 aliphatic rings. The smallest absolute Gasteiger partial charge is 0.462 e. The second-order valence-electron chi connectivity index (χ2n) is 12.7. The third-order valence-electron chi connectivity index (χ3n) is 7.64. The van der Waals surface area contributed by atoms with Crippen molar-refractivity contribution in [1.29, 1.82) is 0 Å². The molecule has 0 saturated carbocycles. The lowest BCUT2D eigenvalue weighted by Gasteiger charge is -2.18. The van der Waals surface area contributed by atoms with Crippen LogP contribution in [-0.2, 0) is 32.9 Å². The van der Waals surface area contributed by atoms with Gasteiger partial charge in [0.1, 0.15) is 6.61 Å². The van der Waals surface area contributed by atoms with Gasteiger partial charge in [-0.15, -0.1) is 0 Å². The number of hydrogen-bond donors (Lipinski definition) is 2. The third-order valence-corrected chi connectivity index (χ3v) is 8.13. The summed E-state index contributed by atoms with van der Waals surface area (Å²) in [6.45, 7) is 5.72. The van der Waals surface area contributed by atoms with Gasteiger partial charge in [-0.2, -0.15) is 0 Å². The first-order chi connectivity index (χ1) is 23.1. The SMILES string of the molecule is CC/C=C\CC1OC1C/C=C\C/C=C\C/C=C\C/C=C\CCC(=O)OC[C@H](COP(=O)(O)O)OC(=O)CCCCCCCCCC(C)C. The maximum atomic E-state index is 12.3. The predicted octanol–water partition coefficient (Wildman–Crippen LogP) is 9.41. The number of allylic oxidation sites excluding steroid dienone is 8. The quantitative estimate of drug-likeness (QED) is 0.0248. The molecule has 3 atom stereocenters. The normalized spacial score (nSPS) is 17.5. The van der Waals surface area contributed by atoms with Crippen molar-refractivity contribution in [3.63, 3.8) is 0 Å². The number of carbonyl (C=O) groups is 2. The summed E-state index contributed by atoms with van der Waals surface area (Å²) >= 11 is 0. The van der Waals surface area contributed by atoms with Crippen LogP contribution in [-0.4, -0.2) is 53.3 Å². The zero-order chi connectivity index (χ0) is 35.3. The number of epoxide rings is 1. The van der Waals surface area contributed by atoms with Gasteiger partial charge in [0.25, 0.3) is 0 Å². The summed E-state index contributed by atoms with van der Waals surface area (Å²) in [7, 11) is -4.77. The Labute approximate surface area is 290 Å². The first-order valence-corrected chi connectivity index (χ1v) is 19.6. The molecule has 48 heavy (non-hydrogen) atoms. The third kappa shape index (κ3) is 28.7. The lowest BCUT2D eigenvalue weighted by atomic mass is 10.0. The Hall–Kier alpha value is -2.29. The summed E-state index contributed by atoms with van der Waals surface area (Å²) in [6.07, 6.45) is 35.9. The average Bonchev–Trinajstić information content (AvgIpc) is 3.79. The fourth-order valence-corrected chi connectivity index (χ4v) is 5.22. The molecule has 0 spiro atoms. The fraction of sp³-hybridized carbons (Fsp3) is 0.684. The van der Waals surface area contributed by atoms with Crippen molar-refractivity contribution in [3.8, 4) is 0 Å². The molecule has 1 fully saturated rings. The molecule has 1 aliphatic heterocycles. The number of rotatable bonds is 30. The van der Waals surface area contributed by atoms with E-state index in [1.165, 1.54) is 25.7 Å². The average molecular weight is 695 g/mol. The molecular formula is C38H63O9P. The van der Waals surface area contributed by atoms with Crippen LogP contribution in [0.3, 0.4) is 0 Å². The molecular weight excluding hydrogens is 631 g/mol. The van der Waals surface area contributed by atoms with Gasteiger partial charge in [0, 0.05) is 12.8 Å². The Morgan fingerprint density at radius 1 is 0.708 bits per heavy atom. The Morgan fingerprint density at radius 2 is 1.25 bits per heavy atom. The molecule has 0 aromatic rings. The summed E-state index contributed by atoms with van der Waals surface area (Å²) < 4.78 is 31.8. The number of carbonyl (C=O) groups excluding carboxylic acids is 2. The van der Waals surface area contributed by atoms with Gasteiger partial charge in [-0.1, -0.05) is 126 Å². The van der Waals surface area contributed by atoms with Crippen molar-refractivity contribution in [3.05, 3.63) is 60.8 Å². The van der Waals surface area contributed by atoms with Crippen molar-refractivity contribution in [2.75, 3.05) is 13.2 Å². The van der Waals surface area contributed by atoms with Crippen molar-refractivity contribution < 1.29 is 42.7 Å². The van der Waals surface area contributed by atoms with Gasteiger partial charge in [-0.3, -0.25) is 14.1 Å². The second kappa shape index (κ2) is 28.5. The van der Waals surface area contributed by atoms with E-state index in [2.05, 4.69) is 73.9 Å². The van der Waals surface area contributed by atoms with E-state index >= 15 is 0 Å². The number of phosphoric acid groups is 1. The molecule has 10 heteroatoms. The van der Waals surface area contributed by atoms with Crippen LogP contribution in [0.5, 0.6) is 0 Å². The molecule has 1 rings (SSSR count). The first-order valence-electron chi connectivity index (χ1n) is 18.1. The maximum Gasteiger partial charge on any atom is 0.469 e. The van der Waals surface area contributed by atoms with Gasteiger partial charge in [-0.05, 0) is 57.3 Å². The number of unbranched alkanes of at least 4 members (excludes halogenated alkanes) is 6. The number of esters is 2. The van der Waals surface area contributed by atoms with Gasteiger partial charge in [-0.25, -0.2) is 4.57 Å². The molecule has 9 nitrogen and oxygen atoms in total. The Morgan fingerprint density at radius 3 is 1.83 bits per heavy atom. The van der Waals surface area contributed by atoms with Crippen LogP contribution in [0.4, 0.5) is 0 Å². The van der Waals surface area contributed by atoms with Crippen LogP contribution in [0.15, 0.2) is 60.8 Å². The summed E-state index contributed by atoms with van der Waals surface area (Å²) in [6, 6.07) is 0. The molecule has 2 N–H and O–H groups in total. The molecule has 0 bridgehead atoms. The van der Waals surface area contributed by atoms with Gasteiger partial charge < -0.3 is 24.0 Å². The molecule has 0 radical (unpaired) electrons. The highest BCUT2D eigenvalue weighted by Crippen LogP contribution is 2.36. The topological polar surface area (TPSA) is 132 Å². The van der Waals surface area contributed by atoms with E-state index in [0.717, 1.165) is 63.7 Å². The summed E-state index contributed by atoms with van der Waals surface area (Å²) in [5, 5.41) is 0. The standard InChI is InChI=1S/C38H63O9P/c1-4-5-21-27-35-36(47-35)28-23-18-14-10-8-6-7-9-11-15-19-24-29-37(39)44-31-34(32-45-48(41,42)43)46-38(40)30-25-20-16-12-13-17-22-26-33(2)3/h5,7-10,15,18-19,21,23,33-36H,4,6,11-14,16-17,20,22,24-32H2,1-3H3,(H2,41,42,43)/b9-7-,10-8-,19-15-,21-5-,23-18-/t34-,35?,36?/m1/s1. The Balaban J connectivity index is 2.15. The van der Waals surface area contributed by atoms with Gasteiger partial charge >= 0.3 is 19.8 Å². The van der Waals surface area contributed by atoms with Gasteiger partial charge in [0.2, 0.25) is 0 Å². The van der Waals surface area contributed by atoms with Crippen molar-refractivity contribution in [2.24, 2.45) is 5.92 Å². The van der Waals surface area contributed by atoms with Crippen LogP contribution < -0.4 is 0 Å². The molecule has 1 heterocycles. The maximum absolute atomic E-state index is 12.3. The van der Waals surface area contributed by atoms with E-state index < -0.39 is 32.5 Å².